The minimum atomic E-state index is -0.406. The highest BCUT2D eigenvalue weighted by molar-refractivity contribution is 6.06. The molecule has 0 spiro atoms. The molecule has 0 aromatic heterocycles. The number of nitrogens with one attached hydrogen (secondary N) is 2. The molecule has 0 aliphatic rings. The summed E-state index contributed by atoms with van der Waals surface area (Å²) in [5.41, 5.74) is 7.26. The summed E-state index contributed by atoms with van der Waals surface area (Å²) in [6.45, 7) is 1.42. The van der Waals surface area contributed by atoms with Crippen LogP contribution in [0.3, 0.4) is 0 Å². The molecule has 9 aromatic carbocycles. The number of benzene rings is 9. The van der Waals surface area contributed by atoms with Crippen molar-refractivity contribution in [2.45, 2.75) is 39.6 Å². The minimum Gasteiger partial charge on any atom is -0.485 e. The van der Waals surface area contributed by atoms with E-state index in [2.05, 4.69) is 10.6 Å². The van der Waals surface area contributed by atoms with Crippen LogP contribution in [0.25, 0.3) is 0 Å². The molecule has 0 bridgehead atoms. The molecule has 10 nitrogen and oxygen atoms in total. The van der Waals surface area contributed by atoms with E-state index in [0.29, 0.717) is 45.9 Å². The summed E-state index contributed by atoms with van der Waals surface area (Å²) in [7, 11) is 0. The van der Waals surface area contributed by atoms with Crippen LogP contribution in [0.4, 0.5) is 11.4 Å². The molecular formula is C62H52N2O8. The van der Waals surface area contributed by atoms with Gasteiger partial charge >= 0.3 is 0 Å². The fourth-order valence-corrected chi connectivity index (χ4v) is 7.57. The van der Waals surface area contributed by atoms with Gasteiger partial charge in [-0.2, -0.15) is 0 Å². The third kappa shape index (κ3) is 13.5. The average Bonchev–Trinajstić information content (AvgIpc) is 3.44. The number of rotatable bonds is 22. The Morgan fingerprint density at radius 3 is 0.708 bits per heavy atom. The van der Waals surface area contributed by atoms with Crippen molar-refractivity contribution >= 4 is 23.2 Å². The maximum Gasteiger partial charge on any atom is 0.255 e. The monoisotopic (exact) mass is 952 g/mol. The van der Waals surface area contributed by atoms with E-state index in [1.807, 2.05) is 182 Å². The van der Waals surface area contributed by atoms with Crippen LogP contribution >= 0.6 is 0 Å². The second kappa shape index (κ2) is 24.3. The first-order valence-corrected chi connectivity index (χ1v) is 23.6. The number of amides is 2. The Morgan fingerprint density at radius 1 is 0.278 bits per heavy atom. The summed E-state index contributed by atoms with van der Waals surface area (Å²) in [6, 6.07) is 72.2. The van der Waals surface area contributed by atoms with Crippen LogP contribution in [0.2, 0.25) is 0 Å². The quantitative estimate of drug-likeness (QED) is 0.0691. The zero-order chi connectivity index (χ0) is 49.2. The molecule has 72 heavy (non-hydrogen) atoms. The van der Waals surface area contributed by atoms with Gasteiger partial charge in [0.1, 0.15) is 39.6 Å². The molecule has 0 fully saturated rings. The van der Waals surface area contributed by atoms with Crippen molar-refractivity contribution in [2.24, 2.45) is 0 Å². The number of hydrogen-bond acceptors (Lipinski definition) is 8. The normalized spacial score (nSPS) is 10.7. The van der Waals surface area contributed by atoms with Gasteiger partial charge in [-0.25, -0.2) is 0 Å². The molecule has 0 heterocycles. The van der Waals surface area contributed by atoms with E-state index in [-0.39, 0.29) is 50.8 Å². The summed E-state index contributed by atoms with van der Waals surface area (Å²) in [4.78, 5) is 28.3. The van der Waals surface area contributed by atoms with Gasteiger partial charge in [0.15, 0.2) is 23.0 Å². The lowest BCUT2D eigenvalue weighted by atomic mass is 10.1. The van der Waals surface area contributed by atoms with Gasteiger partial charge in [0.25, 0.3) is 11.8 Å². The molecule has 9 aromatic rings. The lowest BCUT2D eigenvalue weighted by molar-refractivity contribution is 0.101. The zero-order valence-corrected chi connectivity index (χ0v) is 39.4. The van der Waals surface area contributed by atoms with Crippen LogP contribution in [0, 0.1) is 0 Å². The summed E-state index contributed by atoms with van der Waals surface area (Å²) in [6.07, 6.45) is 0. The van der Waals surface area contributed by atoms with Gasteiger partial charge in [-0.15, -0.1) is 0 Å². The number of carbonyl (C=O) groups is 2. The third-order valence-corrected chi connectivity index (χ3v) is 11.4. The van der Waals surface area contributed by atoms with Gasteiger partial charge in [-0.1, -0.05) is 182 Å². The predicted molar refractivity (Wildman–Crippen MR) is 280 cm³/mol. The standard InChI is InChI=1S/C62H52N2O8/c65-61(51-35-55(67-39-45-19-7-1-8-20-45)59(71-43-49-27-15-5-16-28-49)56(36-51)68-40-46-21-9-2-10-22-46)63-53-31-33-54(34-32-53)64-62(66)52-37-57(69-41-47-23-11-3-12-24-47)60(72-44-50-29-17-6-18-30-50)58(38-52)70-42-48-25-13-4-14-26-48/h1-38H,39-44H2,(H,63,65)(H,64,66). The first-order valence-electron chi connectivity index (χ1n) is 23.6. The minimum absolute atomic E-state index is 0.231. The van der Waals surface area contributed by atoms with Crippen LogP contribution in [0.5, 0.6) is 34.5 Å². The van der Waals surface area contributed by atoms with E-state index >= 15 is 0 Å². The van der Waals surface area contributed by atoms with Crippen molar-refractivity contribution in [1.29, 1.82) is 0 Å². The van der Waals surface area contributed by atoms with Crippen LogP contribution in [0.1, 0.15) is 54.1 Å². The first kappa shape index (κ1) is 47.8. The molecule has 0 unspecified atom stereocenters. The molecule has 0 radical (unpaired) electrons. The highest BCUT2D eigenvalue weighted by atomic mass is 16.5. The molecule has 0 saturated heterocycles. The van der Waals surface area contributed by atoms with Crippen molar-refractivity contribution in [2.75, 3.05) is 10.6 Å². The van der Waals surface area contributed by atoms with E-state index in [1.165, 1.54) is 0 Å². The van der Waals surface area contributed by atoms with Crippen LogP contribution in [0.15, 0.2) is 231 Å². The van der Waals surface area contributed by atoms with Crippen molar-refractivity contribution < 1.29 is 38.0 Å². The number of hydrogen-bond donors (Lipinski definition) is 2. The zero-order valence-electron chi connectivity index (χ0n) is 39.4. The lowest BCUT2D eigenvalue weighted by Gasteiger charge is -2.19. The van der Waals surface area contributed by atoms with Crippen molar-refractivity contribution in [3.05, 3.63) is 275 Å². The maximum absolute atomic E-state index is 14.1. The molecule has 358 valence electrons. The number of carbonyl (C=O) groups excluding carboxylic acids is 2. The van der Waals surface area contributed by atoms with Gasteiger partial charge in [0.2, 0.25) is 11.5 Å². The summed E-state index contributed by atoms with van der Waals surface area (Å²) in [5, 5.41) is 6.00. The fourth-order valence-electron chi connectivity index (χ4n) is 7.57. The Hall–Kier alpha value is -9.28. The van der Waals surface area contributed by atoms with E-state index < -0.39 is 11.8 Å². The van der Waals surface area contributed by atoms with Crippen LogP contribution < -0.4 is 39.1 Å². The van der Waals surface area contributed by atoms with E-state index in [1.54, 1.807) is 48.5 Å². The molecule has 2 N–H and O–H groups in total. The largest absolute Gasteiger partial charge is 0.485 e. The summed E-state index contributed by atoms with van der Waals surface area (Å²) >= 11 is 0. The molecule has 0 saturated carbocycles. The fraction of sp³-hybridized carbons (Fsp3) is 0.0968. The SMILES string of the molecule is O=C(Nc1ccc(NC(=O)c2cc(OCc3ccccc3)c(OCc3ccccc3)c(OCc3ccccc3)c2)cc1)c1cc(OCc2ccccc2)c(OCc2ccccc2)c(OCc2ccccc2)c1. The Labute approximate surface area is 419 Å². The Balaban J connectivity index is 0.955. The van der Waals surface area contributed by atoms with Gasteiger partial charge in [0, 0.05) is 22.5 Å². The second-order valence-corrected chi connectivity index (χ2v) is 16.7. The van der Waals surface area contributed by atoms with Crippen molar-refractivity contribution in [1.82, 2.24) is 0 Å². The highest BCUT2D eigenvalue weighted by Gasteiger charge is 2.22. The Kier molecular flexibility index (Phi) is 16.1. The van der Waals surface area contributed by atoms with Gasteiger partial charge in [-0.05, 0) is 81.9 Å². The average molecular weight is 953 g/mol. The first-order chi connectivity index (χ1) is 35.5. The van der Waals surface area contributed by atoms with Gasteiger partial charge < -0.3 is 39.1 Å². The number of ether oxygens (including phenoxy) is 6. The second-order valence-electron chi connectivity index (χ2n) is 16.7. The maximum atomic E-state index is 14.1. The van der Waals surface area contributed by atoms with E-state index in [0.717, 1.165) is 33.4 Å². The summed E-state index contributed by atoms with van der Waals surface area (Å²) < 4.78 is 38.5. The van der Waals surface area contributed by atoms with Crippen LogP contribution in [-0.2, 0) is 39.6 Å². The van der Waals surface area contributed by atoms with Gasteiger partial charge in [-0.3, -0.25) is 9.59 Å². The molecule has 0 atom stereocenters. The van der Waals surface area contributed by atoms with Crippen LogP contribution in [-0.4, -0.2) is 11.8 Å². The molecule has 2 amide bonds. The van der Waals surface area contributed by atoms with E-state index in [9.17, 15) is 9.59 Å². The lowest BCUT2D eigenvalue weighted by Crippen LogP contribution is -2.14. The topological polar surface area (TPSA) is 114 Å². The molecule has 0 aliphatic heterocycles. The molecule has 10 heteroatoms. The summed E-state index contributed by atoms with van der Waals surface area (Å²) in [5.74, 6) is 1.33. The number of anilines is 2. The van der Waals surface area contributed by atoms with Crippen molar-refractivity contribution in [3.8, 4) is 34.5 Å². The molecule has 9 rings (SSSR count). The van der Waals surface area contributed by atoms with Gasteiger partial charge in [0.05, 0.1) is 0 Å². The van der Waals surface area contributed by atoms with E-state index in [4.69, 9.17) is 28.4 Å². The molecule has 0 aliphatic carbocycles. The third-order valence-electron chi connectivity index (χ3n) is 11.4. The molecular weight excluding hydrogens is 901 g/mol. The van der Waals surface area contributed by atoms with Crippen molar-refractivity contribution in [3.63, 3.8) is 0 Å². The predicted octanol–water partition coefficient (Wildman–Crippen LogP) is 13.7. The Morgan fingerprint density at radius 2 is 0.486 bits per heavy atom. The smallest absolute Gasteiger partial charge is 0.255 e. The Bertz CT molecular complexity index is 2800. The highest BCUT2D eigenvalue weighted by Crippen LogP contribution is 2.42.